The molecule has 2 aliphatic heterocycles. The van der Waals surface area contributed by atoms with Gasteiger partial charge in [0.1, 0.15) is 0 Å². The van der Waals surface area contributed by atoms with Crippen LogP contribution in [0.5, 0.6) is 0 Å². The lowest BCUT2D eigenvalue weighted by molar-refractivity contribution is 0.122. The molecule has 2 saturated heterocycles. The molecule has 0 aromatic heterocycles. The number of ether oxygens (including phenoxy) is 1. The molecule has 0 amide bonds. The van der Waals surface area contributed by atoms with Crippen LogP contribution in [0, 0.1) is 11.3 Å². The second kappa shape index (κ2) is 5.45. The zero-order valence-electron chi connectivity index (χ0n) is 10.0. The smallest absolute Gasteiger partial charge is 0.0547 e. The third-order valence-electron chi connectivity index (χ3n) is 4.08. The first-order chi connectivity index (χ1) is 7.78. The summed E-state index contributed by atoms with van der Waals surface area (Å²) in [6.07, 6.45) is 3.27. The Bertz CT molecular complexity index is 217. The van der Waals surface area contributed by atoms with Gasteiger partial charge in [0.25, 0.3) is 0 Å². The average molecular weight is 228 g/mol. The van der Waals surface area contributed by atoms with E-state index in [0.29, 0.717) is 12.5 Å². The van der Waals surface area contributed by atoms with Crippen molar-refractivity contribution in [2.75, 3.05) is 46.0 Å². The highest BCUT2D eigenvalue weighted by molar-refractivity contribution is 4.89. The monoisotopic (exact) mass is 228 g/mol. The second-order valence-corrected chi connectivity index (χ2v) is 5.41. The highest BCUT2D eigenvalue weighted by Gasteiger charge is 2.37. The van der Waals surface area contributed by atoms with Crippen LogP contribution >= 0.6 is 0 Å². The molecule has 3 N–H and O–H groups in total. The average Bonchev–Trinajstić information content (AvgIpc) is 2.90. The number of likely N-dealkylation sites (tertiary alicyclic amines) is 1. The first-order valence-electron chi connectivity index (χ1n) is 6.39. The van der Waals surface area contributed by atoms with E-state index in [2.05, 4.69) is 4.90 Å². The summed E-state index contributed by atoms with van der Waals surface area (Å²) in [6.45, 7) is 6.10. The number of hydrogen-bond acceptors (Lipinski definition) is 4. The van der Waals surface area contributed by atoms with E-state index in [1.54, 1.807) is 0 Å². The van der Waals surface area contributed by atoms with Crippen molar-refractivity contribution in [1.29, 1.82) is 0 Å². The van der Waals surface area contributed by atoms with E-state index >= 15 is 0 Å². The molecule has 0 aromatic carbocycles. The molecule has 2 atom stereocenters. The summed E-state index contributed by atoms with van der Waals surface area (Å²) in [5.41, 5.74) is 6.10. The van der Waals surface area contributed by atoms with Crippen LogP contribution < -0.4 is 5.73 Å². The predicted octanol–water partition coefficient (Wildman–Crippen LogP) is 0.0561. The van der Waals surface area contributed by atoms with Crippen LogP contribution in [0.3, 0.4) is 0 Å². The summed E-state index contributed by atoms with van der Waals surface area (Å²) < 4.78 is 5.49. The van der Waals surface area contributed by atoms with Gasteiger partial charge in [0.2, 0.25) is 0 Å². The number of hydrogen-bond donors (Lipinski definition) is 2. The molecule has 0 aliphatic carbocycles. The maximum absolute atomic E-state index is 8.94. The van der Waals surface area contributed by atoms with Crippen LogP contribution in [0.2, 0.25) is 0 Å². The molecule has 4 heteroatoms. The number of nitrogens with zero attached hydrogens (tertiary/aromatic N) is 1. The maximum atomic E-state index is 8.94. The number of nitrogens with two attached hydrogens (primary N) is 1. The van der Waals surface area contributed by atoms with Gasteiger partial charge >= 0.3 is 0 Å². The summed E-state index contributed by atoms with van der Waals surface area (Å²) in [6, 6.07) is 0. The lowest BCUT2D eigenvalue weighted by Gasteiger charge is -2.31. The molecular weight excluding hydrogens is 204 g/mol. The largest absolute Gasteiger partial charge is 0.396 e. The van der Waals surface area contributed by atoms with Crippen molar-refractivity contribution in [3.05, 3.63) is 0 Å². The Morgan fingerprint density at radius 3 is 3.00 bits per heavy atom. The van der Waals surface area contributed by atoms with Gasteiger partial charge in [-0.1, -0.05) is 0 Å². The molecule has 0 spiro atoms. The Balaban J connectivity index is 1.81. The molecule has 2 heterocycles. The molecule has 2 rings (SSSR count). The summed E-state index contributed by atoms with van der Waals surface area (Å²) in [7, 11) is 0. The first kappa shape index (κ1) is 12.3. The summed E-state index contributed by atoms with van der Waals surface area (Å²) in [5, 5.41) is 8.94. The van der Waals surface area contributed by atoms with Crippen LogP contribution in [0.25, 0.3) is 0 Å². The third-order valence-corrected chi connectivity index (χ3v) is 4.08. The Labute approximate surface area is 97.7 Å². The molecule has 16 heavy (non-hydrogen) atoms. The standard InChI is InChI=1S/C12H24N2O2/c13-8-12(3-6-16-10-12)9-14-4-1-11(7-14)2-5-15/h11,15H,1-10,13H2. The van der Waals surface area contributed by atoms with Crippen LogP contribution in [-0.4, -0.2) is 56.0 Å². The van der Waals surface area contributed by atoms with E-state index in [4.69, 9.17) is 15.6 Å². The number of aliphatic hydroxyl groups excluding tert-OH is 1. The van der Waals surface area contributed by atoms with Crippen molar-refractivity contribution < 1.29 is 9.84 Å². The fourth-order valence-electron chi connectivity index (χ4n) is 2.95. The van der Waals surface area contributed by atoms with Crippen molar-refractivity contribution in [2.45, 2.75) is 19.3 Å². The molecule has 2 unspecified atom stereocenters. The van der Waals surface area contributed by atoms with Crippen molar-refractivity contribution in [3.8, 4) is 0 Å². The fourth-order valence-corrected chi connectivity index (χ4v) is 2.95. The van der Waals surface area contributed by atoms with Crippen molar-refractivity contribution in [1.82, 2.24) is 4.90 Å². The highest BCUT2D eigenvalue weighted by Crippen LogP contribution is 2.31. The van der Waals surface area contributed by atoms with Crippen LogP contribution in [0.4, 0.5) is 0 Å². The van der Waals surface area contributed by atoms with E-state index in [-0.39, 0.29) is 5.41 Å². The summed E-state index contributed by atoms with van der Waals surface area (Å²) in [5.74, 6) is 0.683. The van der Waals surface area contributed by atoms with Gasteiger partial charge in [-0.3, -0.25) is 0 Å². The van der Waals surface area contributed by atoms with Gasteiger partial charge in [-0.05, 0) is 31.7 Å². The number of aliphatic hydroxyl groups is 1. The lowest BCUT2D eigenvalue weighted by atomic mass is 9.87. The second-order valence-electron chi connectivity index (χ2n) is 5.41. The minimum Gasteiger partial charge on any atom is -0.396 e. The Morgan fingerprint density at radius 2 is 2.38 bits per heavy atom. The van der Waals surface area contributed by atoms with Crippen LogP contribution in [0.1, 0.15) is 19.3 Å². The molecular formula is C12H24N2O2. The quantitative estimate of drug-likeness (QED) is 0.698. The van der Waals surface area contributed by atoms with Gasteiger partial charge in [-0.25, -0.2) is 0 Å². The maximum Gasteiger partial charge on any atom is 0.0547 e. The normalized spacial score (nSPS) is 36.0. The Morgan fingerprint density at radius 1 is 1.50 bits per heavy atom. The van der Waals surface area contributed by atoms with Gasteiger partial charge in [-0.15, -0.1) is 0 Å². The lowest BCUT2D eigenvalue weighted by Crippen LogP contribution is -2.42. The minimum absolute atomic E-state index is 0.202. The molecule has 2 aliphatic rings. The topological polar surface area (TPSA) is 58.7 Å². The van der Waals surface area contributed by atoms with E-state index in [9.17, 15) is 0 Å². The van der Waals surface area contributed by atoms with Crippen molar-refractivity contribution >= 4 is 0 Å². The van der Waals surface area contributed by atoms with Gasteiger partial charge in [0.05, 0.1) is 6.61 Å². The van der Waals surface area contributed by atoms with E-state index < -0.39 is 0 Å². The SMILES string of the molecule is NCC1(CN2CCC(CCO)C2)CCOC1. The van der Waals surface area contributed by atoms with E-state index in [1.165, 1.54) is 6.42 Å². The third kappa shape index (κ3) is 2.74. The zero-order chi connectivity index (χ0) is 11.4. The zero-order valence-corrected chi connectivity index (χ0v) is 10.0. The van der Waals surface area contributed by atoms with Crippen LogP contribution in [-0.2, 0) is 4.74 Å². The molecule has 4 nitrogen and oxygen atoms in total. The van der Waals surface area contributed by atoms with Gasteiger partial charge in [-0.2, -0.15) is 0 Å². The molecule has 0 aromatic rings. The molecule has 0 radical (unpaired) electrons. The summed E-state index contributed by atoms with van der Waals surface area (Å²) >= 11 is 0. The van der Waals surface area contributed by atoms with Gasteiger partial charge < -0.3 is 20.5 Å². The van der Waals surface area contributed by atoms with Crippen molar-refractivity contribution in [3.63, 3.8) is 0 Å². The molecule has 2 fully saturated rings. The first-order valence-corrected chi connectivity index (χ1v) is 6.39. The highest BCUT2D eigenvalue weighted by atomic mass is 16.5. The number of rotatable bonds is 5. The predicted molar refractivity (Wildman–Crippen MR) is 63.2 cm³/mol. The summed E-state index contributed by atoms with van der Waals surface area (Å²) in [4.78, 5) is 2.50. The van der Waals surface area contributed by atoms with Crippen LogP contribution in [0.15, 0.2) is 0 Å². The van der Waals surface area contributed by atoms with E-state index in [1.807, 2.05) is 0 Å². The molecule has 0 bridgehead atoms. The fraction of sp³-hybridized carbons (Fsp3) is 1.00. The Kier molecular flexibility index (Phi) is 4.19. The molecule has 94 valence electrons. The minimum atomic E-state index is 0.202. The Hall–Kier alpha value is -0.160. The van der Waals surface area contributed by atoms with Gasteiger partial charge in [0.15, 0.2) is 0 Å². The van der Waals surface area contributed by atoms with Crippen molar-refractivity contribution in [2.24, 2.45) is 17.1 Å². The molecule has 0 saturated carbocycles. The van der Waals surface area contributed by atoms with Gasteiger partial charge in [0, 0.05) is 38.3 Å². The van der Waals surface area contributed by atoms with E-state index in [0.717, 1.165) is 52.2 Å².